The molecular weight excluding hydrogens is 236 g/mol. The van der Waals surface area contributed by atoms with Gasteiger partial charge in [-0.3, -0.25) is 4.79 Å². The van der Waals surface area contributed by atoms with Gasteiger partial charge in [-0.1, -0.05) is 6.92 Å². The Hall–Kier alpha value is -1.30. The number of amides is 2. The van der Waals surface area contributed by atoms with E-state index < -0.39 is 11.9 Å². The van der Waals surface area contributed by atoms with E-state index in [4.69, 9.17) is 9.84 Å². The molecule has 0 spiro atoms. The lowest BCUT2D eigenvalue weighted by atomic mass is 10.1. The van der Waals surface area contributed by atoms with Crippen LogP contribution in [-0.4, -0.2) is 54.9 Å². The summed E-state index contributed by atoms with van der Waals surface area (Å²) in [5.74, 6) is -1.28. The van der Waals surface area contributed by atoms with Crippen LogP contribution in [0.5, 0.6) is 0 Å². The first-order chi connectivity index (χ1) is 8.52. The molecule has 1 atom stereocenters. The molecule has 0 heterocycles. The maximum Gasteiger partial charge on any atom is 0.317 e. The molecule has 6 nitrogen and oxygen atoms in total. The number of carboxylic acid groups (broad SMARTS) is 1. The summed E-state index contributed by atoms with van der Waals surface area (Å²) in [6.07, 6.45) is 0.435. The number of likely N-dealkylation sites (N-methyl/N-ethyl adjacent to an activating group) is 1. The number of nitrogens with one attached hydrogen (secondary N) is 1. The SMILES string of the molecule is CCOCCN(CC)C(=O)NCCC(C)C(=O)O. The van der Waals surface area contributed by atoms with E-state index in [0.717, 1.165) is 0 Å². The Morgan fingerprint density at radius 1 is 1.39 bits per heavy atom. The highest BCUT2D eigenvalue weighted by Crippen LogP contribution is 2.00. The summed E-state index contributed by atoms with van der Waals surface area (Å²) < 4.78 is 5.19. The average Bonchev–Trinajstić information content (AvgIpc) is 2.34. The predicted molar refractivity (Wildman–Crippen MR) is 68.6 cm³/mol. The van der Waals surface area contributed by atoms with Gasteiger partial charge in [-0.25, -0.2) is 4.79 Å². The van der Waals surface area contributed by atoms with Crippen LogP contribution in [-0.2, 0) is 9.53 Å². The van der Waals surface area contributed by atoms with E-state index in [0.29, 0.717) is 39.3 Å². The number of hydrogen-bond donors (Lipinski definition) is 2. The molecule has 0 bridgehead atoms. The van der Waals surface area contributed by atoms with Crippen LogP contribution in [0.3, 0.4) is 0 Å². The fourth-order valence-corrected chi connectivity index (χ4v) is 1.35. The highest BCUT2D eigenvalue weighted by atomic mass is 16.5. The Bertz CT molecular complexity index is 258. The minimum absolute atomic E-state index is 0.171. The summed E-state index contributed by atoms with van der Waals surface area (Å²) in [6.45, 7) is 8.10. The molecule has 0 fully saturated rings. The van der Waals surface area contributed by atoms with Crippen LogP contribution < -0.4 is 5.32 Å². The van der Waals surface area contributed by atoms with Gasteiger partial charge in [0.2, 0.25) is 0 Å². The Kier molecular flexibility index (Phi) is 9.00. The van der Waals surface area contributed by atoms with Crippen molar-refractivity contribution in [2.75, 3.05) is 32.8 Å². The van der Waals surface area contributed by atoms with Crippen molar-refractivity contribution in [3.05, 3.63) is 0 Å². The molecule has 106 valence electrons. The standard InChI is InChI=1S/C12H24N2O4/c1-4-14(8-9-18-5-2)12(17)13-7-6-10(3)11(15)16/h10H,4-9H2,1-3H3,(H,13,17)(H,15,16). The molecule has 6 heteroatoms. The van der Waals surface area contributed by atoms with Gasteiger partial charge in [-0.15, -0.1) is 0 Å². The quantitative estimate of drug-likeness (QED) is 0.610. The Balaban J connectivity index is 3.86. The van der Waals surface area contributed by atoms with Crippen molar-refractivity contribution in [1.82, 2.24) is 10.2 Å². The molecule has 0 aliphatic carbocycles. The lowest BCUT2D eigenvalue weighted by molar-refractivity contribution is -0.141. The van der Waals surface area contributed by atoms with E-state index in [1.165, 1.54) is 0 Å². The topological polar surface area (TPSA) is 78.9 Å². The van der Waals surface area contributed by atoms with Crippen molar-refractivity contribution in [3.8, 4) is 0 Å². The first kappa shape index (κ1) is 16.7. The molecule has 0 aromatic rings. The van der Waals surface area contributed by atoms with E-state index in [1.807, 2.05) is 13.8 Å². The number of nitrogens with zero attached hydrogens (tertiary/aromatic N) is 1. The molecule has 0 saturated heterocycles. The van der Waals surface area contributed by atoms with Gasteiger partial charge in [0.15, 0.2) is 0 Å². The van der Waals surface area contributed by atoms with Crippen LogP contribution >= 0.6 is 0 Å². The van der Waals surface area contributed by atoms with Crippen LogP contribution in [0.2, 0.25) is 0 Å². The fourth-order valence-electron chi connectivity index (χ4n) is 1.35. The second-order valence-electron chi connectivity index (χ2n) is 4.04. The van der Waals surface area contributed by atoms with Gasteiger partial charge in [0, 0.05) is 26.2 Å². The van der Waals surface area contributed by atoms with Crippen molar-refractivity contribution < 1.29 is 19.4 Å². The largest absolute Gasteiger partial charge is 0.481 e. The summed E-state index contributed by atoms with van der Waals surface area (Å²) in [5, 5.41) is 11.4. The summed E-state index contributed by atoms with van der Waals surface area (Å²) in [6, 6.07) is -0.171. The highest BCUT2D eigenvalue weighted by Gasteiger charge is 2.13. The van der Waals surface area contributed by atoms with Crippen LogP contribution in [0.15, 0.2) is 0 Å². The molecule has 0 aliphatic rings. The Morgan fingerprint density at radius 3 is 2.56 bits per heavy atom. The molecule has 0 rings (SSSR count). The van der Waals surface area contributed by atoms with E-state index in [-0.39, 0.29) is 6.03 Å². The number of ether oxygens (including phenoxy) is 1. The van der Waals surface area contributed by atoms with Gasteiger partial charge < -0.3 is 20.1 Å². The first-order valence-electron chi connectivity index (χ1n) is 6.36. The van der Waals surface area contributed by atoms with E-state index in [1.54, 1.807) is 11.8 Å². The molecule has 2 N–H and O–H groups in total. The maximum absolute atomic E-state index is 11.7. The van der Waals surface area contributed by atoms with Gasteiger partial charge in [0.05, 0.1) is 12.5 Å². The third-order valence-electron chi connectivity index (χ3n) is 2.65. The van der Waals surface area contributed by atoms with Crippen LogP contribution in [0.4, 0.5) is 4.79 Å². The summed E-state index contributed by atoms with van der Waals surface area (Å²) in [7, 11) is 0. The third-order valence-corrected chi connectivity index (χ3v) is 2.65. The average molecular weight is 260 g/mol. The molecule has 0 aromatic carbocycles. The third kappa shape index (κ3) is 7.11. The Labute approximate surface area is 108 Å². The predicted octanol–water partition coefficient (Wildman–Crippen LogP) is 1.17. The highest BCUT2D eigenvalue weighted by molar-refractivity contribution is 5.74. The lowest BCUT2D eigenvalue weighted by Crippen LogP contribution is -2.42. The van der Waals surface area contributed by atoms with Crippen LogP contribution in [0.25, 0.3) is 0 Å². The number of hydrogen-bond acceptors (Lipinski definition) is 3. The van der Waals surface area contributed by atoms with Gasteiger partial charge in [-0.05, 0) is 20.3 Å². The maximum atomic E-state index is 11.7. The molecule has 0 aromatic heterocycles. The second kappa shape index (κ2) is 9.70. The number of carboxylic acids is 1. The van der Waals surface area contributed by atoms with Crippen LogP contribution in [0.1, 0.15) is 27.2 Å². The number of rotatable bonds is 9. The number of urea groups is 1. The number of aliphatic carboxylic acids is 1. The minimum atomic E-state index is -0.840. The summed E-state index contributed by atoms with van der Waals surface area (Å²) >= 11 is 0. The van der Waals surface area contributed by atoms with Crippen molar-refractivity contribution in [3.63, 3.8) is 0 Å². The van der Waals surface area contributed by atoms with Crippen molar-refractivity contribution in [2.24, 2.45) is 5.92 Å². The molecule has 1 unspecified atom stereocenters. The second-order valence-corrected chi connectivity index (χ2v) is 4.04. The zero-order valence-corrected chi connectivity index (χ0v) is 11.4. The summed E-state index contributed by atoms with van der Waals surface area (Å²) in [5.41, 5.74) is 0. The first-order valence-corrected chi connectivity index (χ1v) is 6.36. The zero-order chi connectivity index (χ0) is 14.0. The molecular formula is C12H24N2O4. The lowest BCUT2D eigenvalue weighted by Gasteiger charge is -2.21. The van der Waals surface area contributed by atoms with E-state index in [9.17, 15) is 9.59 Å². The minimum Gasteiger partial charge on any atom is -0.481 e. The van der Waals surface area contributed by atoms with Gasteiger partial charge >= 0.3 is 12.0 Å². The Morgan fingerprint density at radius 2 is 2.06 bits per heavy atom. The van der Waals surface area contributed by atoms with E-state index in [2.05, 4.69) is 5.32 Å². The molecule has 18 heavy (non-hydrogen) atoms. The van der Waals surface area contributed by atoms with Crippen LogP contribution in [0, 0.1) is 5.92 Å². The molecule has 0 radical (unpaired) electrons. The van der Waals surface area contributed by atoms with Gasteiger partial charge in [-0.2, -0.15) is 0 Å². The van der Waals surface area contributed by atoms with Crippen molar-refractivity contribution in [2.45, 2.75) is 27.2 Å². The smallest absolute Gasteiger partial charge is 0.317 e. The molecule has 0 saturated carbocycles. The van der Waals surface area contributed by atoms with Gasteiger partial charge in [0.1, 0.15) is 0 Å². The van der Waals surface area contributed by atoms with Crippen molar-refractivity contribution in [1.29, 1.82) is 0 Å². The van der Waals surface area contributed by atoms with Crippen molar-refractivity contribution >= 4 is 12.0 Å². The van der Waals surface area contributed by atoms with Gasteiger partial charge in [0.25, 0.3) is 0 Å². The monoisotopic (exact) mass is 260 g/mol. The number of carbonyl (C=O) groups excluding carboxylic acids is 1. The summed E-state index contributed by atoms with van der Waals surface area (Å²) in [4.78, 5) is 24.0. The fraction of sp³-hybridized carbons (Fsp3) is 0.833. The van der Waals surface area contributed by atoms with E-state index >= 15 is 0 Å². The number of carbonyl (C=O) groups is 2. The normalized spacial score (nSPS) is 11.9. The zero-order valence-electron chi connectivity index (χ0n) is 11.4. The molecule has 2 amide bonds. The molecule has 0 aliphatic heterocycles.